The summed E-state index contributed by atoms with van der Waals surface area (Å²) in [5.74, 6) is 1.10. The van der Waals surface area contributed by atoms with E-state index in [1.54, 1.807) is 45.9 Å². The Labute approximate surface area is 216 Å². The molecule has 2 aliphatic rings. The van der Waals surface area contributed by atoms with E-state index >= 15 is 0 Å². The summed E-state index contributed by atoms with van der Waals surface area (Å²) in [6, 6.07) is 4.65. The second-order valence-electron chi connectivity index (χ2n) is 9.63. The molecule has 1 aromatic carbocycles. The SMILES string of the molecule is C[C@H]1CN([C@@H](C)CO)C(=O)CCCn2nncc2CO[C@@H]1CN(C)C(=O)Nc1ccc2c(c1)OCCO2. The molecule has 0 spiro atoms. The van der Waals surface area contributed by atoms with Crippen LogP contribution < -0.4 is 14.8 Å². The molecule has 2 aromatic rings. The maximum Gasteiger partial charge on any atom is 0.321 e. The minimum atomic E-state index is -0.389. The molecule has 0 fully saturated rings. The molecule has 3 atom stereocenters. The van der Waals surface area contributed by atoms with Crippen LogP contribution in [0.3, 0.4) is 0 Å². The fourth-order valence-electron chi connectivity index (χ4n) is 4.44. The maximum atomic E-state index is 13.0. The van der Waals surface area contributed by atoms with Crippen LogP contribution in [-0.2, 0) is 22.7 Å². The van der Waals surface area contributed by atoms with Gasteiger partial charge in [0, 0.05) is 50.8 Å². The number of urea groups is 1. The molecule has 3 amide bonds. The van der Waals surface area contributed by atoms with E-state index < -0.39 is 0 Å². The molecule has 0 unspecified atom stereocenters. The van der Waals surface area contributed by atoms with Crippen LogP contribution in [-0.4, -0.2) is 93.9 Å². The number of amides is 3. The number of carbonyl (C=O) groups excluding carboxylic acids is 2. The Kier molecular flexibility index (Phi) is 8.82. The fourth-order valence-corrected chi connectivity index (χ4v) is 4.44. The molecule has 0 radical (unpaired) electrons. The molecule has 0 saturated heterocycles. The van der Waals surface area contributed by atoms with E-state index in [1.165, 1.54) is 0 Å². The summed E-state index contributed by atoms with van der Waals surface area (Å²) >= 11 is 0. The predicted octanol–water partition coefficient (Wildman–Crippen LogP) is 1.74. The largest absolute Gasteiger partial charge is 0.486 e. The van der Waals surface area contributed by atoms with Crippen molar-refractivity contribution in [3.8, 4) is 11.5 Å². The summed E-state index contributed by atoms with van der Waals surface area (Å²) in [7, 11) is 1.70. The highest BCUT2D eigenvalue weighted by Crippen LogP contribution is 2.32. The summed E-state index contributed by atoms with van der Waals surface area (Å²) in [5.41, 5.74) is 1.41. The topological polar surface area (TPSA) is 131 Å². The van der Waals surface area contributed by atoms with Crippen LogP contribution in [0.5, 0.6) is 11.5 Å². The number of hydrogen-bond donors (Lipinski definition) is 2. The molecule has 3 heterocycles. The highest BCUT2D eigenvalue weighted by Gasteiger charge is 2.29. The first-order chi connectivity index (χ1) is 17.9. The monoisotopic (exact) mass is 516 g/mol. The number of benzene rings is 1. The van der Waals surface area contributed by atoms with Crippen molar-refractivity contribution in [2.24, 2.45) is 5.92 Å². The van der Waals surface area contributed by atoms with Crippen molar-refractivity contribution < 1.29 is 28.9 Å². The number of likely N-dealkylation sites (N-methyl/N-ethyl adjacent to an activating group) is 1. The molecule has 0 saturated carbocycles. The fraction of sp³-hybridized carbons (Fsp3) is 0.600. The Morgan fingerprint density at radius 3 is 2.86 bits per heavy atom. The van der Waals surface area contributed by atoms with E-state index in [1.807, 2.05) is 13.8 Å². The lowest BCUT2D eigenvalue weighted by Gasteiger charge is -2.35. The number of aromatic nitrogens is 3. The summed E-state index contributed by atoms with van der Waals surface area (Å²) < 4.78 is 19.2. The van der Waals surface area contributed by atoms with E-state index in [9.17, 15) is 14.7 Å². The summed E-state index contributed by atoms with van der Waals surface area (Å²) in [6.07, 6.45) is 2.23. The zero-order valence-electron chi connectivity index (χ0n) is 21.6. The van der Waals surface area contributed by atoms with Gasteiger partial charge in [0.15, 0.2) is 11.5 Å². The van der Waals surface area contributed by atoms with Gasteiger partial charge in [0.2, 0.25) is 5.91 Å². The van der Waals surface area contributed by atoms with Gasteiger partial charge in [-0.2, -0.15) is 0 Å². The van der Waals surface area contributed by atoms with E-state index in [2.05, 4.69) is 15.6 Å². The molecule has 202 valence electrons. The Bertz CT molecular complexity index is 1080. The van der Waals surface area contributed by atoms with Gasteiger partial charge in [-0.1, -0.05) is 12.1 Å². The highest BCUT2D eigenvalue weighted by atomic mass is 16.6. The second kappa shape index (κ2) is 12.2. The van der Waals surface area contributed by atoms with Gasteiger partial charge >= 0.3 is 6.03 Å². The number of aryl methyl sites for hydroxylation is 1. The van der Waals surface area contributed by atoms with Crippen molar-refractivity contribution in [3.63, 3.8) is 0 Å². The number of nitrogens with zero attached hydrogens (tertiary/aromatic N) is 5. The minimum Gasteiger partial charge on any atom is -0.486 e. The standard InChI is InChI=1S/C25H36N6O6/c1-17-13-30(18(2)15-32)24(33)5-4-8-31-20(12-26-28-31)16-37-23(17)14-29(3)25(34)27-19-6-7-21-22(11-19)36-10-9-35-21/h6-7,11-12,17-18,23,32H,4-5,8-10,13-16H2,1-3H3,(H,27,34)/t17-,18-,23+/m0/s1. The predicted molar refractivity (Wildman–Crippen MR) is 134 cm³/mol. The quantitative estimate of drug-likeness (QED) is 0.614. The lowest BCUT2D eigenvalue weighted by atomic mass is 10.0. The van der Waals surface area contributed by atoms with Gasteiger partial charge < -0.3 is 34.4 Å². The van der Waals surface area contributed by atoms with Gasteiger partial charge in [0.05, 0.1) is 37.3 Å². The van der Waals surface area contributed by atoms with Crippen molar-refractivity contribution in [1.29, 1.82) is 0 Å². The molecule has 0 aliphatic carbocycles. The summed E-state index contributed by atoms with van der Waals surface area (Å²) in [5, 5.41) is 20.8. The summed E-state index contributed by atoms with van der Waals surface area (Å²) in [4.78, 5) is 29.3. The number of rotatable bonds is 5. The molecule has 2 N–H and O–H groups in total. The third kappa shape index (κ3) is 6.69. The molecule has 2 aliphatic heterocycles. The van der Waals surface area contributed by atoms with E-state index in [4.69, 9.17) is 14.2 Å². The Morgan fingerprint density at radius 1 is 1.30 bits per heavy atom. The van der Waals surface area contributed by atoms with E-state index in [-0.39, 0.29) is 49.8 Å². The Hall–Kier alpha value is -3.38. The van der Waals surface area contributed by atoms with Gasteiger partial charge in [-0.15, -0.1) is 5.10 Å². The number of carbonyl (C=O) groups is 2. The molecule has 1 aromatic heterocycles. The number of hydrogen-bond acceptors (Lipinski definition) is 8. The van der Waals surface area contributed by atoms with Crippen LogP contribution in [0.25, 0.3) is 0 Å². The number of fused-ring (bicyclic) bond motifs is 2. The lowest BCUT2D eigenvalue weighted by Crippen LogP contribution is -2.48. The highest BCUT2D eigenvalue weighted by molar-refractivity contribution is 5.89. The molecule has 4 rings (SSSR count). The van der Waals surface area contributed by atoms with Crippen LogP contribution in [0.4, 0.5) is 10.5 Å². The van der Waals surface area contributed by atoms with Crippen molar-refractivity contribution >= 4 is 17.6 Å². The molecular weight excluding hydrogens is 480 g/mol. The normalized spacial score (nSPS) is 21.3. The van der Waals surface area contributed by atoms with Crippen LogP contribution in [0.15, 0.2) is 24.4 Å². The third-order valence-electron chi connectivity index (χ3n) is 6.73. The first-order valence-corrected chi connectivity index (χ1v) is 12.7. The number of aliphatic hydroxyl groups is 1. The van der Waals surface area contributed by atoms with Crippen LogP contribution in [0, 0.1) is 5.92 Å². The Morgan fingerprint density at radius 2 is 2.08 bits per heavy atom. The number of ether oxygens (including phenoxy) is 3. The van der Waals surface area contributed by atoms with Crippen molar-refractivity contribution in [2.45, 2.75) is 52.0 Å². The zero-order chi connectivity index (χ0) is 26.4. The van der Waals surface area contributed by atoms with Gasteiger partial charge in [-0.05, 0) is 25.5 Å². The number of aliphatic hydroxyl groups excluding tert-OH is 1. The second-order valence-corrected chi connectivity index (χ2v) is 9.63. The number of nitrogens with one attached hydrogen (secondary N) is 1. The third-order valence-corrected chi connectivity index (χ3v) is 6.73. The van der Waals surface area contributed by atoms with Crippen molar-refractivity contribution in [1.82, 2.24) is 24.8 Å². The van der Waals surface area contributed by atoms with E-state index in [0.717, 1.165) is 5.69 Å². The van der Waals surface area contributed by atoms with Crippen LogP contribution in [0.2, 0.25) is 0 Å². The van der Waals surface area contributed by atoms with Crippen LogP contribution in [0.1, 0.15) is 32.4 Å². The van der Waals surface area contributed by atoms with Crippen molar-refractivity contribution in [2.75, 3.05) is 45.3 Å². The minimum absolute atomic E-state index is 0.0286. The van der Waals surface area contributed by atoms with Gasteiger partial charge in [-0.3, -0.25) is 4.79 Å². The molecule has 0 bridgehead atoms. The first kappa shape index (κ1) is 26.7. The van der Waals surface area contributed by atoms with Gasteiger partial charge in [0.25, 0.3) is 0 Å². The Balaban J connectivity index is 1.47. The van der Waals surface area contributed by atoms with Gasteiger partial charge in [-0.25, -0.2) is 9.48 Å². The molecule has 37 heavy (non-hydrogen) atoms. The van der Waals surface area contributed by atoms with Crippen LogP contribution >= 0.6 is 0 Å². The van der Waals surface area contributed by atoms with Crippen molar-refractivity contribution in [3.05, 3.63) is 30.1 Å². The summed E-state index contributed by atoms with van der Waals surface area (Å²) in [6.45, 7) is 6.16. The maximum absolute atomic E-state index is 13.0. The van der Waals surface area contributed by atoms with Gasteiger partial charge in [0.1, 0.15) is 13.2 Å². The first-order valence-electron chi connectivity index (χ1n) is 12.7. The molecule has 12 nitrogen and oxygen atoms in total. The average molecular weight is 517 g/mol. The lowest BCUT2D eigenvalue weighted by molar-refractivity contribution is -0.136. The molecular formula is C25H36N6O6. The number of anilines is 1. The smallest absolute Gasteiger partial charge is 0.321 e. The molecule has 12 heteroatoms. The average Bonchev–Trinajstić information content (AvgIpc) is 3.35. The van der Waals surface area contributed by atoms with E-state index in [0.29, 0.717) is 56.3 Å². The zero-order valence-corrected chi connectivity index (χ0v) is 21.6.